The number of ether oxygens (including phenoxy) is 2. The van der Waals surface area contributed by atoms with Crippen LogP contribution in [0.5, 0.6) is 11.5 Å². The van der Waals surface area contributed by atoms with Gasteiger partial charge >= 0.3 is 5.97 Å². The van der Waals surface area contributed by atoms with Crippen LogP contribution in [0.2, 0.25) is 0 Å². The maximum atomic E-state index is 12.5. The van der Waals surface area contributed by atoms with Gasteiger partial charge in [0.15, 0.2) is 11.5 Å². The van der Waals surface area contributed by atoms with Gasteiger partial charge in [0.05, 0.1) is 18.4 Å². The Morgan fingerprint density at radius 3 is 2.37 bits per heavy atom. The standard InChI is InChI=1S/C27H27N3O5/c1-4-25(31)29-22-12-10-20(11-13-22)26(32)30-28-17-19-9-14-23(24(16-19)34-5-2)35-27(33)21-8-6-7-18(3)15-21/h6-17H,4-5H2,1-3H3,(H,29,31)(H,30,32)/b28-17-. The molecule has 3 aromatic rings. The normalized spacial score (nSPS) is 10.6. The lowest BCUT2D eigenvalue weighted by atomic mass is 10.1. The summed E-state index contributed by atoms with van der Waals surface area (Å²) >= 11 is 0. The molecule has 35 heavy (non-hydrogen) atoms. The Morgan fingerprint density at radius 1 is 0.914 bits per heavy atom. The zero-order chi connectivity index (χ0) is 25.2. The van der Waals surface area contributed by atoms with E-state index in [1.54, 1.807) is 67.6 Å². The van der Waals surface area contributed by atoms with Gasteiger partial charge in [0, 0.05) is 17.7 Å². The van der Waals surface area contributed by atoms with Gasteiger partial charge in [-0.15, -0.1) is 0 Å². The summed E-state index contributed by atoms with van der Waals surface area (Å²) in [6, 6.07) is 18.6. The number of aryl methyl sites for hydroxylation is 1. The molecule has 0 fully saturated rings. The van der Waals surface area contributed by atoms with Crippen molar-refractivity contribution in [1.29, 1.82) is 0 Å². The lowest BCUT2D eigenvalue weighted by Gasteiger charge is -2.11. The highest BCUT2D eigenvalue weighted by Crippen LogP contribution is 2.29. The molecule has 0 aliphatic carbocycles. The van der Waals surface area contributed by atoms with Crippen molar-refractivity contribution >= 4 is 29.7 Å². The monoisotopic (exact) mass is 473 g/mol. The summed E-state index contributed by atoms with van der Waals surface area (Å²) in [5.74, 6) is -0.315. The second-order valence-electron chi connectivity index (χ2n) is 7.58. The van der Waals surface area contributed by atoms with Crippen LogP contribution >= 0.6 is 0 Å². The van der Waals surface area contributed by atoms with Crippen molar-refractivity contribution < 1.29 is 23.9 Å². The number of carbonyl (C=O) groups is 3. The van der Waals surface area contributed by atoms with E-state index < -0.39 is 11.9 Å². The minimum atomic E-state index is -0.483. The molecule has 8 nitrogen and oxygen atoms in total. The van der Waals surface area contributed by atoms with Crippen LogP contribution in [0.3, 0.4) is 0 Å². The molecule has 2 N–H and O–H groups in total. The lowest BCUT2D eigenvalue weighted by Crippen LogP contribution is -2.17. The zero-order valence-corrected chi connectivity index (χ0v) is 19.8. The first-order chi connectivity index (χ1) is 16.9. The number of rotatable bonds is 9. The van der Waals surface area contributed by atoms with E-state index in [4.69, 9.17) is 9.47 Å². The number of hydrogen-bond acceptors (Lipinski definition) is 6. The number of nitrogens with zero attached hydrogens (tertiary/aromatic N) is 1. The second-order valence-corrected chi connectivity index (χ2v) is 7.58. The van der Waals surface area contributed by atoms with Crippen LogP contribution in [0.1, 0.15) is 52.1 Å². The van der Waals surface area contributed by atoms with Crippen LogP contribution in [-0.2, 0) is 4.79 Å². The fourth-order valence-corrected chi connectivity index (χ4v) is 3.07. The quantitative estimate of drug-likeness (QED) is 0.202. The molecule has 3 aromatic carbocycles. The second kappa shape index (κ2) is 12.1. The Morgan fingerprint density at radius 2 is 1.69 bits per heavy atom. The average Bonchev–Trinajstić information content (AvgIpc) is 2.86. The van der Waals surface area contributed by atoms with Crippen LogP contribution in [0.25, 0.3) is 0 Å². The number of amides is 2. The highest BCUT2D eigenvalue weighted by atomic mass is 16.6. The van der Waals surface area contributed by atoms with Crippen LogP contribution in [-0.4, -0.2) is 30.6 Å². The van der Waals surface area contributed by atoms with E-state index in [1.807, 2.05) is 19.9 Å². The third-order valence-electron chi connectivity index (χ3n) is 4.86. The van der Waals surface area contributed by atoms with Crippen LogP contribution in [0, 0.1) is 6.92 Å². The lowest BCUT2D eigenvalue weighted by molar-refractivity contribution is -0.115. The Labute approximate surface area is 204 Å². The fraction of sp³-hybridized carbons (Fsp3) is 0.185. The van der Waals surface area contributed by atoms with E-state index >= 15 is 0 Å². The fourth-order valence-electron chi connectivity index (χ4n) is 3.07. The van der Waals surface area contributed by atoms with E-state index in [0.717, 1.165) is 5.56 Å². The van der Waals surface area contributed by atoms with E-state index in [-0.39, 0.29) is 11.7 Å². The van der Waals surface area contributed by atoms with Gasteiger partial charge in [-0.3, -0.25) is 9.59 Å². The summed E-state index contributed by atoms with van der Waals surface area (Å²) in [5.41, 5.74) is 5.51. The number of hydrogen-bond donors (Lipinski definition) is 2. The van der Waals surface area contributed by atoms with E-state index in [1.165, 1.54) is 6.21 Å². The van der Waals surface area contributed by atoms with Crippen LogP contribution < -0.4 is 20.2 Å². The van der Waals surface area contributed by atoms with Gasteiger partial charge in [0.25, 0.3) is 5.91 Å². The Hall–Kier alpha value is -4.46. The van der Waals surface area contributed by atoms with Crippen LogP contribution in [0.15, 0.2) is 71.8 Å². The molecule has 0 saturated carbocycles. The van der Waals surface area contributed by atoms with Crippen molar-refractivity contribution in [2.75, 3.05) is 11.9 Å². The van der Waals surface area contributed by atoms with Gasteiger partial charge in [-0.2, -0.15) is 5.10 Å². The van der Waals surface area contributed by atoms with Gasteiger partial charge in [-0.25, -0.2) is 10.2 Å². The highest BCUT2D eigenvalue weighted by molar-refractivity contribution is 5.96. The van der Waals surface area contributed by atoms with Gasteiger partial charge < -0.3 is 14.8 Å². The molecule has 0 aromatic heterocycles. The Bertz CT molecular complexity index is 1240. The molecule has 0 spiro atoms. The van der Waals surface area contributed by atoms with Crippen LogP contribution in [0.4, 0.5) is 5.69 Å². The topological polar surface area (TPSA) is 106 Å². The molecule has 3 rings (SSSR count). The van der Waals surface area contributed by atoms with Gasteiger partial charge in [-0.1, -0.05) is 24.6 Å². The summed E-state index contributed by atoms with van der Waals surface area (Å²) in [4.78, 5) is 36.3. The number of nitrogens with one attached hydrogen (secondary N) is 2. The molecule has 0 aliphatic rings. The Balaban J connectivity index is 1.65. The van der Waals surface area contributed by atoms with Crippen molar-refractivity contribution in [2.24, 2.45) is 5.10 Å². The van der Waals surface area contributed by atoms with Crippen molar-refractivity contribution in [1.82, 2.24) is 5.43 Å². The molecule has 0 radical (unpaired) electrons. The minimum absolute atomic E-state index is 0.103. The van der Waals surface area contributed by atoms with Gasteiger partial charge in [0.2, 0.25) is 5.91 Å². The van der Waals surface area contributed by atoms with Crippen molar-refractivity contribution in [3.05, 3.63) is 89.0 Å². The van der Waals surface area contributed by atoms with E-state index in [0.29, 0.717) is 41.2 Å². The first-order valence-electron chi connectivity index (χ1n) is 11.2. The molecule has 0 bridgehead atoms. The molecule has 180 valence electrons. The van der Waals surface area contributed by atoms with E-state index in [2.05, 4.69) is 15.8 Å². The maximum absolute atomic E-state index is 12.5. The van der Waals surface area contributed by atoms with Crippen molar-refractivity contribution in [3.8, 4) is 11.5 Å². The highest BCUT2D eigenvalue weighted by Gasteiger charge is 2.13. The largest absolute Gasteiger partial charge is 0.490 e. The SMILES string of the molecule is CCOc1cc(/C=N\NC(=O)c2ccc(NC(=O)CC)cc2)ccc1OC(=O)c1cccc(C)c1. The molecular formula is C27H27N3O5. The summed E-state index contributed by atoms with van der Waals surface area (Å²) in [5, 5.41) is 6.72. The summed E-state index contributed by atoms with van der Waals surface area (Å²) in [6.45, 7) is 5.86. The molecule has 2 amide bonds. The van der Waals surface area contributed by atoms with Gasteiger partial charge in [-0.05, 0) is 74.0 Å². The number of carbonyl (C=O) groups excluding carboxylic acids is 3. The third-order valence-corrected chi connectivity index (χ3v) is 4.86. The molecule has 8 heteroatoms. The third kappa shape index (κ3) is 7.26. The van der Waals surface area contributed by atoms with Gasteiger partial charge in [0.1, 0.15) is 0 Å². The van der Waals surface area contributed by atoms with Crippen molar-refractivity contribution in [2.45, 2.75) is 27.2 Å². The Kier molecular flexibility index (Phi) is 8.72. The smallest absolute Gasteiger partial charge is 0.343 e. The first kappa shape index (κ1) is 25.2. The molecular weight excluding hydrogens is 446 g/mol. The molecule has 0 unspecified atom stereocenters. The maximum Gasteiger partial charge on any atom is 0.343 e. The summed E-state index contributed by atoms with van der Waals surface area (Å²) in [7, 11) is 0. The molecule has 0 atom stereocenters. The molecule has 0 aliphatic heterocycles. The number of anilines is 1. The van der Waals surface area contributed by atoms with E-state index in [9.17, 15) is 14.4 Å². The number of esters is 1. The predicted molar refractivity (Wildman–Crippen MR) is 134 cm³/mol. The van der Waals surface area contributed by atoms with Crippen molar-refractivity contribution in [3.63, 3.8) is 0 Å². The average molecular weight is 474 g/mol. The number of hydrazone groups is 1. The molecule has 0 saturated heterocycles. The zero-order valence-electron chi connectivity index (χ0n) is 19.8. The molecule has 0 heterocycles. The number of benzene rings is 3. The summed E-state index contributed by atoms with van der Waals surface area (Å²) in [6.07, 6.45) is 1.83. The minimum Gasteiger partial charge on any atom is -0.490 e. The predicted octanol–water partition coefficient (Wildman–Crippen LogP) is 4.73. The first-order valence-corrected chi connectivity index (χ1v) is 11.2. The summed E-state index contributed by atoms with van der Waals surface area (Å²) < 4.78 is 11.2.